The van der Waals surface area contributed by atoms with Crippen LogP contribution in [0, 0.1) is 0 Å². The number of carbonyl (C=O) groups is 1. The molecule has 3 heterocycles. The minimum Gasteiger partial charge on any atom is -0.347 e. The summed E-state index contributed by atoms with van der Waals surface area (Å²) in [4.78, 5) is 20.5. The lowest BCUT2D eigenvalue weighted by Crippen LogP contribution is -2.34. The molecule has 0 unspecified atom stereocenters. The number of aryl methyl sites for hydroxylation is 1. The van der Waals surface area contributed by atoms with Crippen LogP contribution in [0.25, 0.3) is 21.1 Å². The van der Waals surface area contributed by atoms with Crippen molar-refractivity contribution in [2.75, 3.05) is 25.0 Å². The average molecular weight is 495 g/mol. The molecule has 0 saturated carbocycles. The van der Waals surface area contributed by atoms with E-state index in [0.29, 0.717) is 5.92 Å². The fraction of sp³-hybridized carbons (Fsp3) is 0.267. The van der Waals surface area contributed by atoms with Gasteiger partial charge in [0, 0.05) is 35.2 Å². The number of thiazole rings is 1. The minimum absolute atomic E-state index is 0.0620. The first-order chi connectivity index (χ1) is 17.7. The highest BCUT2D eigenvalue weighted by Crippen LogP contribution is 2.34. The van der Waals surface area contributed by atoms with Crippen molar-refractivity contribution in [1.82, 2.24) is 14.5 Å². The normalized spacial score (nSPS) is 15.0. The minimum atomic E-state index is -0.0620. The van der Waals surface area contributed by atoms with Crippen LogP contribution in [0.4, 0.5) is 5.69 Å². The van der Waals surface area contributed by atoms with E-state index in [-0.39, 0.29) is 5.91 Å². The molecule has 6 rings (SSSR count). The molecule has 36 heavy (non-hydrogen) atoms. The fourth-order valence-electron chi connectivity index (χ4n) is 5.27. The molecule has 1 aliphatic rings. The van der Waals surface area contributed by atoms with Crippen molar-refractivity contribution < 1.29 is 4.79 Å². The zero-order valence-electron chi connectivity index (χ0n) is 20.3. The number of nitrogens with one attached hydrogen (secondary N) is 1. The monoisotopic (exact) mass is 494 g/mol. The van der Waals surface area contributed by atoms with Gasteiger partial charge in [-0.05, 0) is 69.2 Å². The third-order valence-corrected chi connectivity index (χ3v) is 8.38. The lowest BCUT2D eigenvalue weighted by Gasteiger charge is -2.31. The number of piperidine rings is 1. The summed E-state index contributed by atoms with van der Waals surface area (Å²) in [6.45, 7) is 4.22. The molecule has 1 fully saturated rings. The summed E-state index contributed by atoms with van der Waals surface area (Å²) in [5.74, 6) is 0.519. The van der Waals surface area contributed by atoms with Gasteiger partial charge < -0.3 is 14.8 Å². The van der Waals surface area contributed by atoms with E-state index in [1.165, 1.54) is 22.5 Å². The van der Waals surface area contributed by atoms with Gasteiger partial charge in [-0.25, -0.2) is 4.98 Å². The van der Waals surface area contributed by atoms with Crippen LogP contribution in [0.15, 0.2) is 85.1 Å². The van der Waals surface area contributed by atoms with Gasteiger partial charge in [0.05, 0.1) is 20.8 Å². The molecule has 0 aliphatic carbocycles. The summed E-state index contributed by atoms with van der Waals surface area (Å²) in [6, 6.07) is 26.3. The highest BCUT2D eigenvalue weighted by molar-refractivity contribution is 7.18. The van der Waals surface area contributed by atoms with Crippen LogP contribution < -0.4 is 5.32 Å². The number of aromatic nitrogens is 2. The lowest BCUT2D eigenvalue weighted by molar-refractivity contribution is 0.102. The van der Waals surface area contributed by atoms with E-state index in [2.05, 4.69) is 45.1 Å². The van der Waals surface area contributed by atoms with Crippen LogP contribution in [0.2, 0.25) is 0 Å². The van der Waals surface area contributed by atoms with Crippen LogP contribution in [-0.2, 0) is 6.54 Å². The Hall–Kier alpha value is -3.48. The Labute approximate surface area is 215 Å². The Balaban J connectivity index is 1.06. The van der Waals surface area contributed by atoms with Crippen molar-refractivity contribution in [2.45, 2.75) is 31.7 Å². The molecule has 1 N–H and O–H groups in total. The predicted molar refractivity (Wildman–Crippen MR) is 149 cm³/mol. The topological polar surface area (TPSA) is 50.2 Å². The average Bonchev–Trinajstić information content (AvgIpc) is 3.52. The number of rotatable bonds is 7. The van der Waals surface area contributed by atoms with Crippen molar-refractivity contribution in [2.24, 2.45) is 0 Å². The maximum Gasteiger partial charge on any atom is 0.257 e. The molecule has 1 saturated heterocycles. The molecule has 1 amide bonds. The molecule has 0 radical (unpaired) electrons. The molecule has 182 valence electrons. The number of benzene rings is 3. The molecule has 5 nitrogen and oxygen atoms in total. The number of nitrogens with zero attached hydrogens (tertiary/aromatic N) is 3. The van der Waals surface area contributed by atoms with Gasteiger partial charge in [0.1, 0.15) is 0 Å². The molecule has 0 atom stereocenters. The number of hydrogen-bond acceptors (Lipinski definition) is 4. The van der Waals surface area contributed by atoms with Crippen molar-refractivity contribution in [3.63, 3.8) is 0 Å². The van der Waals surface area contributed by atoms with Gasteiger partial charge in [-0.1, -0.05) is 48.5 Å². The Kier molecular flexibility index (Phi) is 6.53. The van der Waals surface area contributed by atoms with E-state index in [4.69, 9.17) is 4.98 Å². The second-order valence-corrected chi connectivity index (χ2v) is 10.6. The van der Waals surface area contributed by atoms with Crippen molar-refractivity contribution in [3.05, 3.63) is 95.6 Å². The number of hydrogen-bond donors (Lipinski definition) is 1. The Morgan fingerprint density at radius 2 is 1.67 bits per heavy atom. The SMILES string of the molecule is O=C(Nc1ccccc1)c1cn(CCCN2CCC(c3nc4ccccc4s3)CC2)c2ccccc12. The first-order valence-electron chi connectivity index (χ1n) is 12.8. The second kappa shape index (κ2) is 10.2. The zero-order chi connectivity index (χ0) is 24.3. The maximum atomic E-state index is 13.0. The molecule has 1 aliphatic heterocycles. The van der Waals surface area contributed by atoms with E-state index < -0.39 is 0 Å². The summed E-state index contributed by atoms with van der Waals surface area (Å²) in [5.41, 5.74) is 3.79. The van der Waals surface area contributed by atoms with Crippen LogP contribution in [0.5, 0.6) is 0 Å². The number of likely N-dealkylation sites (tertiary alicyclic amines) is 1. The number of anilines is 1. The highest BCUT2D eigenvalue weighted by atomic mass is 32.1. The quantitative estimate of drug-likeness (QED) is 0.272. The number of para-hydroxylation sites is 3. The first kappa shape index (κ1) is 23.0. The predicted octanol–water partition coefficient (Wildman–Crippen LogP) is 6.77. The maximum absolute atomic E-state index is 13.0. The summed E-state index contributed by atoms with van der Waals surface area (Å²) in [7, 11) is 0. The van der Waals surface area contributed by atoms with E-state index in [9.17, 15) is 4.79 Å². The first-order valence-corrected chi connectivity index (χ1v) is 13.6. The summed E-state index contributed by atoms with van der Waals surface area (Å²) >= 11 is 1.86. The summed E-state index contributed by atoms with van der Waals surface area (Å²) in [6.07, 6.45) is 5.43. The molecule has 0 bridgehead atoms. The molecular formula is C30H30N4OS. The van der Waals surface area contributed by atoms with Crippen molar-refractivity contribution in [3.8, 4) is 0 Å². The van der Waals surface area contributed by atoms with E-state index in [1.807, 2.05) is 66.1 Å². The van der Waals surface area contributed by atoms with Crippen molar-refractivity contribution >= 4 is 44.1 Å². The molecule has 2 aromatic heterocycles. The number of fused-ring (bicyclic) bond motifs is 2. The van der Waals surface area contributed by atoms with Crippen LogP contribution in [-0.4, -0.2) is 40.0 Å². The summed E-state index contributed by atoms with van der Waals surface area (Å²) < 4.78 is 3.54. The Morgan fingerprint density at radius 1 is 0.917 bits per heavy atom. The highest BCUT2D eigenvalue weighted by Gasteiger charge is 2.23. The van der Waals surface area contributed by atoms with Gasteiger partial charge in [0.2, 0.25) is 0 Å². The molecular weight excluding hydrogens is 464 g/mol. The molecule has 3 aromatic carbocycles. The number of amides is 1. The standard InChI is InChI=1S/C30H30N4OS/c35-29(31-23-9-2-1-3-10-23)25-21-34(27-13-6-4-11-24(25)27)18-8-17-33-19-15-22(16-20-33)30-32-26-12-5-7-14-28(26)36-30/h1-7,9-14,21-22H,8,15-20H2,(H,31,35). The third-order valence-electron chi connectivity index (χ3n) is 7.19. The zero-order valence-corrected chi connectivity index (χ0v) is 21.1. The Bertz CT molecular complexity index is 1450. The van der Waals surface area contributed by atoms with Gasteiger partial charge >= 0.3 is 0 Å². The number of carbonyl (C=O) groups excluding carboxylic acids is 1. The smallest absolute Gasteiger partial charge is 0.257 e. The van der Waals surface area contributed by atoms with Gasteiger partial charge in [-0.2, -0.15) is 0 Å². The van der Waals surface area contributed by atoms with Crippen LogP contribution in [0.3, 0.4) is 0 Å². The van der Waals surface area contributed by atoms with Crippen LogP contribution in [0.1, 0.15) is 40.5 Å². The molecule has 5 aromatic rings. The van der Waals surface area contributed by atoms with Gasteiger partial charge in [0.15, 0.2) is 0 Å². The third kappa shape index (κ3) is 4.79. The fourth-order valence-corrected chi connectivity index (χ4v) is 6.40. The molecule has 6 heteroatoms. The van der Waals surface area contributed by atoms with Crippen molar-refractivity contribution in [1.29, 1.82) is 0 Å². The summed E-state index contributed by atoms with van der Waals surface area (Å²) in [5, 5.41) is 5.34. The largest absolute Gasteiger partial charge is 0.347 e. The van der Waals surface area contributed by atoms with Gasteiger partial charge in [-0.3, -0.25) is 4.79 Å². The van der Waals surface area contributed by atoms with Gasteiger partial charge in [0.25, 0.3) is 5.91 Å². The van der Waals surface area contributed by atoms with Gasteiger partial charge in [-0.15, -0.1) is 11.3 Å². The lowest BCUT2D eigenvalue weighted by atomic mass is 9.97. The molecule has 0 spiro atoms. The van der Waals surface area contributed by atoms with Crippen LogP contribution >= 0.6 is 11.3 Å². The van der Waals surface area contributed by atoms with E-state index >= 15 is 0 Å². The second-order valence-electron chi connectivity index (χ2n) is 9.56. The Morgan fingerprint density at radius 3 is 2.50 bits per heavy atom. The van der Waals surface area contributed by atoms with E-state index in [1.54, 1.807) is 0 Å². The van der Waals surface area contributed by atoms with E-state index in [0.717, 1.165) is 60.3 Å².